The van der Waals surface area contributed by atoms with E-state index in [-0.39, 0.29) is 23.8 Å². The van der Waals surface area contributed by atoms with Crippen molar-refractivity contribution >= 4 is 38.4 Å². The summed E-state index contributed by atoms with van der Waals surface area (Å²) in [4.78, 5) is 15.0. The topological polar surface area (TPSA) is 95.1 Å². The normalized spacial score (nSPS) is 24.9. The molecule has 2 saturated heterocycles. The van der Waals surface area contributed by atoms with Crippen molar-refractivity contribution in [3.05, 3.63) is 29.8 Å². The van der Waals surface area contributed by atoms with Gasteiger partial charge in [-0.05, 0) is 44.6 Å². The summed E-state index contributed by atoms with van der Waals surface area (Å²) in [7, 11) is -3.71. The van der Waals surface area contributed by atoms with E-state index in [1.54, 1.807) is 24.3 Å². The summed E-state index contributed by atoms with van der Waals surface area (Å²) in [6, 6.07) is 5.46. The lowest BCUT2D eigenvalue weighted by Gasteiger charge is -2.26. The van der Waals surface area contributed by atoms with Gasteiger partial charge in [-0.2, -0.15) is 4.31 Å². The minimum Gasteiger partial charge on any atom is -0.305 e. The lowest BCUT2D eigenvalue weighted by Crippen LogP contribution is -2.43. The van der Waals surface area contributed by atoms with Crippen molar-refractivity contribution in [1.29, 1.82) is 0 Å². The molecule has 3 atom stereocenters. The Hall–Kier alpha value is -1.20. The molecule has 0 N–H and O–H groups in total. The number of sulfonamides is 2. The predicted molar refractivity (Wildman–Crippen MR) is 117 cm³/mol. The Balaban J connectivity index is 0.00000320. The molecule has 0 aromatic heterocycles. The van der Waals surface area contributed by atoms with Crippen LogP contribution in [-0.2, 0) is 31.4 Å². The first kappa shape index (κ1) is 25.1. The van der Waals surface area contributed by atoms with Gasteiger partial charge >= 0.3 is 0 Å². The molecule has 0 bridgehead atoms. The Morgan fingerprint density at radius 3 is 2.20 bits per heavy atom. The van der Waals surface area contributed by atoms with Crippen molar-refractivity contribution in [3.8, 4) is 0 Å². The molecule has 0 saturated carbocycles. The first-order valence-electron chi connectivity index (χ1n) is 9.77. The maximum Gasteiger partial charge on any atom is 0.243 e. The van der Waals surface area contributed by atoms with Gasteiger partial charge in [-0.15, -0.1) is 12.4 Å². The first-order chi connectivity index (χ1) is 13.5. The summed E-state index contributed by atoms with van der Waals surface area (Å²) in [5, 5.41) is 0. The lowest BCUT2D eigenvalue weighted by molar-refractivity contribution is -0.128. The van der Waals surface area contributed by atoms with Crippen LogP contribution in [-0.4, -0.2) is 75.2 Å². The van der Waals surface area contributed by atoms with E-state index < -0.39 is 44.0 Å². The van der Waals surface area contributed by atoms with Crippen molar-refractivity contribution < 1.29 is 21.6 Å². The zero-order valence-corrected chi connectivity index (χ0v) is 20.1. The van der Waals surface area contributed by atoms with Crippen LogP contribution >= 0.6 is 12.4 Å². The zero-order chi connectivity index (χ0) is 21.6. The molecule has 1 aromatic carbocycles. The largest absolute Gasteiger partial charge is 0.305 e. The SMILES string of the molecule is CCC[C@H]1C(=O)N(S(C)(=O)=O)[C@H]2CCN(S(=O)(=O)c3ccc(CN(C)C)cc3)[C@H]12.Cl. The molecule has 3 rings (SSSR count). The number of benzene rings is 1. The van der Waals surface area contributed by atoms with E-state index in [9.17, 15) is 21.6 Å². The van der Waals surface area contributed by atoms with E-state index in [1.807, 2.05) is 25.9 Å². The third kappa shape index (κ3) is 4.52. The number of rotatable bonds is 7. The number of hydrogen-bond donors (Lipinski definition) is 0. The van der Waals surface area contributed by atoms with Crippen molar-refractivity contribution in [3.63, 3.8) is 0 Å². The number of nitrogens with zero attached hydrogens (tertiary/aromatic N) is 3. The van der Waals surface area contributed by atoms with Gasteiger partial charge in [-0.25, -0.2) is 21.1 Å². The van der Waals surface area contributed by atoms with Gasteiger partial charge in [-0.1, -0.05) is 25.5 Å². The van der Waals surface area contributed by atoms with Crippen molar-refractivity contribution in [2.75, 3.05) is 26.9 Å². The van der Waals surface area contributed by atoms with Crippen LogP contribution in [0.5, 0.6) is 0 Å². The molecule has 0 unspecified atom stereocenters. The van der Waals surface area contributed by atoms with Crippen LogP contribution in [0.4, 0.5) is 0 Å². The van der Waals surface area contributed by atoms with Gasteiger partial charge < -0.3 is 4.90 Å². The molecule has 1 amide bonds. The summed E-state index contributed by atoms with van der Waals surface area (Å²) >= 11 is 0. The fraction of sp³-hybridized carbons (Fsp3) is 0.632. The molecule has 0 radical (unpaired) electrons. The van der Waals surface area contributed by atoms with Gasteiger partial charge in [0, 0.05) is 13.1 Å². The van der Waals surface area contributed by atoms with Crippen LogP contribution in [0.3, 0.4) is 0 Å². The van der Waals surface area contributed by atoms with Crippen LogP contribution < -0.4 is 0 Å². The first-order valence-corrected chi connectivity index (χ1v) is 13.1. The highest BCUT2D eigenvalue weighted by atomic mass is 35.5. The Bertz CT molecular complexity index is 980. The number of hydrogen-bond acceptors (Lipinski definition) is 6. The fourth-order valence-electron chi connectivity index (χ4n) is 4.53. The highest BCUT2D eigenvalue weighted by Crippen LogP contribution is 2.42. The number of carbonyl (C=O) groups excluding carboxylic acids is 1. The van der Waals surface area contributed by atoms with Crippen LogP contribution in [0.1, 0.15) is 31.7 Å². The Kier molecular flexibility index (Phi) is 7.62. The molecular weight excluding hydrogens is 450 g/mol. The second-order valence-electron chi connectivity index (χ2n) is 8.14. The summed E-state index contributed by atoms with van der Waals surface area (Å²) < 4.78 is 53.4. The Morgan fingerprint density at radius 2 is 1.70 bits per heavy atom. The maximum atomic E-state index is 13.4. The summed E-state index contributed by atoms with van der Waals surface area (Å²) in [6.07, 6.45) is 2.46. The van der Waals surface area contributed by atoms with E-state index in [2.05, 4.69) is 0 Å². The average Bonchev–Trinajstić information content (AvgIpc) is 3.13. The Morgan fingerprint density at radius 1 is 1.10 bits per heavy atom. The second kappa shape index (κ2) is 9.12. The van der Waals surface area contributed by atoms with Crippen LogP contribution in [0.2, 0.25) is 0 Å². The third-order valence-electron chi connectivity index (χ3n) is 5.61. The molecule has 11 heteroatoms. The predicted octanol–water partition coefficient (Wildman–Crippen LogP) is 1.52. The highest BCUT2D eigenvalue weighted by molar-refractivity contribution is 7.89. The minimum absolute atomic E-state index is 0. The standard InChI is InChI=1S/C19H29N3O5S2.ClH/c1-5-6-16-18-17(22(19(16)23)28(4,24)25)11-12-21(18)29(26,27)15-9-7-14(8-10-15)13-20(2)3;/h7-10,16-18H,5-6,11-13H2,1-4H3;1H/t16-,17+,18-;/m1./s1. The molecular formula is C19H30ClN3O5S2. The van der Waals surface area contributed by atoms with Gasteiger partial charge in [0.1, 0.15) is 0 Å². The minimum atomic E-state index is -3.84. The van der Waals surface area contributed by atoms with E-state index in [0.717, 1.165) is 16.1 Å². The quantitative estimate of drug-likeness (QED) is 0.588. The molecule has 30 heavy (non-hydrogen) atoms. The third-order valence-corrected chi connectivity index (χ3v) is 8.68. The summed E-state index contributed by atoms with van der Waals surface area (Å²) in [6.45, 7) is 2.81. The summed E-state index contributed by atoms with van der Waals surface area (Å²) in [5.74, 6) is -1.12. The van der Waals surface area contributed by atoms with Gasteiger partial charge in [0.05, 0.1) is 29.2 Å². The lowest BCUT2D eigenvalue weighted by atomic mass is 9.95. The molecule has 170 valence electrons. The smallest absolute Gasteiger partial charge is 0.243 e. The molecule has 2 heterocycles. The van der Waals surface area contributed by atoms with Crippen LogP contribution in [0.25, 0.3) is 0 Å². The number of amides is 1. The monoisotopic (exact) mass is 479 g/mol. The van der Waals surface area contributed by atoms with Crippen molar-refractivity contribution in [2.45, 2.75) is 49.7 Å². The molecule has 0 aliphatic carbocycles. The van der Waals surface area contributed by atoms with Crippen LogP contribution in [0, 0.1) is 5.92 Å². The zero-order valence-electron chi connectivity index (χ0n) is 17.7. The van der Waals surface area contributed by atoms with E-state index in [4.69, 9.17) is 0 Å². The molecule has 8 nitrogen and oxygen atoms in total. The van der Waals surface area contributed by atoms with Gasteiger partial charge in [0.25, 0.3) is 0 Å². The number of carbonyl (C=O) groups is 1. The summed E-state index contributed by atoms with van der Waals surface area (Å²) in [5.41, 5.74) is 0.997. The fourth-order valence-corrected chi connectivity index (χ4v) is 7.42. The van der Waals surface area contributed by atoms with Crippen LogP contribution in [0.15, 0.2) is 29.2 Å². The average molecular weight is 480 g/mol. The van der Waals surface area contributed by atoms with Gasteiger partial charge in [0.15, 0.2) is 0 Å². The molecule has 2 aliphatic rings. The van der Waals surface area contributed by atoms with Crippen molar-refractivity contribution in [2.24, 2.45) is 5.92 Å². The van der Waals surface area contributed by atoms with E-state index in [0.29, 0.717) is 25.8 Å². The van der Waals surface area contributed by atoms with Gasteiger partial charge in [-0.3, -0.25) is 4.79 Å². The number of fused-ring (bicyclic) bond motifs is 1. The maximum absolute atomic E-state index is 13.4. The Labute approximate surface area is 185 Å². The highest BCUT2D eigenvalue weighted by Gasteiger charge is 2.58. The van der Waals surface area contributed by atoms with Gasteiger partial charge in [0.2, 0.25) is 26.0 Å². The molecule has 0 spiro atoms. The van der Waals surface area contributed by atoms with Crippen molar-refractivity contribution in [1.82, 2.24) is 13.5 Å². The van der Waals surface area contributed by atoms with E-state index >= 15 is 0 Å². The molecule has 1 aromatic rings. The molecule has 2 fully saturated rings. The second-order valence-corrected chi connectivity index (χ2v) is 11.9. The molecule has 2 aliphatic heterocycles. The number of halogens is 1. The van der Waals surface area contributed by atoms with E-state index in [1.165, 1.54) is 4.31 Å².